The highest BCUT2D eigenvalue weighted by atomic mass is 16.5. The fraction of sp³-hybridized carbons (Fsp3) is 0.619. The van der Waals surface area contributed by atoms with Gasteiger partial charge in [0.1, 0.15) is 6.04 Å². The highest BCUT2D eigenvalue weighted by molar-refractivity contribution is 5.97. The number of aryl methyl sites for hydroxylation is 1. The largest absolute Gasteiger partial charge is 0.467 e. The van der Waals surface area contributed by atoms with E-state index < -0.39 is 6.04 Å². The van der Waals surface area contributed by atoms with E-state index in [1.165, 1.54) is 26.4 Å². The van der Waals surface area contributed by atoms with Crippen molar-refractivity contribution >= 4 is 11.9 Å². The first-order valence-electron chi connectivity index (χ1n) is 9.44. The second kappa shape index (κ2) is 6.15. The Morgan fingerprint density at radius 1 is 1.12 bits per heavy atom. The summed E-state index contributed by atoms with van der Waals surface area (Å²) < 4.78 is 5.11. The Morgan fingerprint density at radius 2 is 1.72 bits per heavy atom. The van der Waals surface area contributed by atoms with Crippen LogP contribution >= 0.6 is 0 Å². The summed E-state index contributed by atoms with van der Waals surface area (Å²) in [5, 5.41) is 3.05. The second-order valence-corrected chi connectivity index (χ2v) is 8.58. The number of rotatable bonds is 4. The van der Waals surface area contributed by atoms with Crippen LogP contribution in [0.3, 0.4) is 0 Å². The number of hydrogen-bond acceptors (Lipinski definition) is 3. The second-order valence-electron chi connectivity index (χ2n) is 8.58. The molecule has 4 nitrogen and oxygen atoms in total. The smallest absolute Gasteiger partial charge is 0.328 e. The quantitative estimate of drug-likeness (QED) is 0.853. The van der Waals surface area contributed by atoms with E-state index in [9.17, 15) is 9.59 Å². The topological polar surface area (TPSA) is 55.4 Å². The van der Waals surface area contributed by atoms with Crippen molar-refractivity contribution in [3.8, 4) is 0 Å². The molecule has 1 atom stereocenters. The van der Waals surface area contributed by atoms with Crippen molar-refractivity contribution < 1.29 is 14.3 Å². The van der Waals surface area contributed by atoms with Gasteiger partial charge in [0.05, 0.1) is 7.11 Å². The van der Waals surface area contributed by atoms with Gasteiger partial charge in [-0.25, -0.2) is 4.79 Å². The fourth-order valence-corrected chi connectivity index (χ4v) is 6.11. The van der Waals surface area contributed by atoms with Crippen molar-refractivity contribution in [2.75, 3.05) is 7.11 Å². The van der Waals surface area contributed by atoms with Gasteiger partial charge in [0, 0.05) is 11.0 Å². The van der Waals surface area contributed by atoms with Gasteiger partial charge in [0.25, 0.3) is 5.91 Å². The predicted molar refractivity (Wildman–Crippen MR) is 95.1 cm³/mol. The van der Waals surface area contributed by atoms with Gasteiger partial charge in [0.2, 0.25) is 0 Å². The van der Waals surface area contributed by atoms with Crippen LogP contribution in [0.25, 0.3) is 0 Å². The molecule has 1 amide bonds. The molecule has 1 aromatic carbocycles. The first-order valence-corrected chi connectivity index (χ1v) is 9.44. The highest BCUT2D eigenvalue weighted by Gasteiger charge is 2.56. The van der Waals surface area contributed by atoms with Crippen LogP contribution in [0.4, 0.5) is 0 Å². The molecule has 4 heteroatoms. The minimum Gasteiger partial charge on any atom is -0.467 e. The summed E-state index contributed by atoms with van der Waals surface area (Å²) in [7, 11) is 1.43. The molecular formula is C21H27NO3. The molecule has 4 aliphatic carbocycles. The maximum Gasteiger partial charge on any atom is 0.328 e. The Hall–Kier alpha value is -1.84. The molecule has 0 saturated heterocycles. The summed E-state index contributed by atoms with van der Waals surface area (Å²) in [5.74, 6) is 1.69. The first kappa shape index (κ1) is 16.6. The lowest BCUT2D eigenvalue weighted by molar-refractivity contribution is -0.154. The van der Waals surface area contributed by atoms with Crippen molar-refractivity contribution in [3.05, 3.63) is 35.4 Å². The van der Waals surface area contributed by atoms with Crippen LogP contribution in [0.15, 0.2) is 24.3 Å². The number of esters is 1. The summed E-state index contributed by atoms with van der Waals surface area (Å²) in [4.78, 5) is 25.4. The zero-order chi connectivity index (χ0) is 17.6. The summed E-state index contributed by atoms with van der Waals surface area (Å²) in [6.45, 7) is 1.97. The van der Waals surface area contributed by atoms with Crippen LogP contribution in [0.2, 0.25) is 0 Å². The average molecular weight is 341 g/mol. The van der Waals surface area contributed by atoms with E-state index in [-0.39, 0.29) is 17.3 Å². The number of ether oxygens (including phenoxy) is 1. The number of nitrogens with one attached hydrogen (secondary N) is 1. The lowest BCUT2D eigenvalue weighted by Gasteiger charge is -2.58. The summed E-state index contributed by atoms with van der Waals surface area (Å²) in [6, 6.07) is 6.98. The van der Waals surface area contributed by atoms with Crippen molar-refractivity contribution in [2.45, 2.75) is 51.5 Å². The molecule has 0 heterocycles. The van der Waals surface area contributed by atoms with Crippen molar-refractivity contribution in [1.29, 1.82) is 0 Å². The lowest BCUT2D eigenvalue weighted by Crippen LogP contribution is -2.60. The molecule has 1 N–H and O–H groups in total. The number of benzene rings is 1. The number of methoxy groups -OCH3 is 1. The van der Waals surface area contributed by atoms with Gasteiger partial charge in [-0.05, 0) is 75.3 Å². The Kier molecular flexibility index (Phi) is 4.09. The molecule has 4 saturated carbocycles. The molecule has 1 aromatic rings. The summed E-state index contributed by atoms with van der Waals surface area (Å²) >= 11 is 0. The Balaban J connectivity index is 1.61. The Labute approximate surface area is 149 Å². The molecule has 0 spiro atoms. The van der Waals surface area contributed by atoms with Gasteiger partial charge in [-0.1, -0.05) is 17.7 Å². The number of carbonyl (C=O) groups excluding carboxylic acids is 2. The van der Waals surface area contributed by atoms with Gasteiger partial charge >= 0.3 is 5.97 Å². The van der Waals surface area contributed by atoms with Crippen molar-refractivity contribution in [3.63, 3.8) is 0 Å². The van der Waals surface area contributed by atoms with E-state index >= 15 is 0 Å². The minimum atomic E-state index is -0.529. The average Bonchev–Trinajstić information content (AvgIpc) is 2.57. The SMILES string of the molecule is COC(=O)[C@@H](NC(=O)c1cccc(C)c1)C12CC3CC(CC(C3)C1)C2. The third-order valence-corrected chi connectivity index (χ3v) is 6.69. The molecule has 0 unspecified atom stereocenters. The van der Waals surface area contributed by atoms with Gasteiger partial charge in [-0.15, -0.1) is 0 Å². The zero-order valence-corrected chi connectivity index (χ0v) is 15.1. The van der Waals surface area contributed by atoms with E-state index in [1.54, 1.807) is 6.07 Å². The monoisotopic (exact) mass is 341 g/mol. The number of amides is 1. The van der Waals surface area contributed by atoms with Crippen LogP contribution in [-0.2, 0) is 9.53 Å². The van der Waals surface area contributed by atoms with Crippen molar-refractivity contribution in [2.24, 2.45) is 23.2 Å². The van der Waals surface area contributed by atoms with Crippen LogP contribution in [0, 0.1) is 30.1 Å². The lowest BCUT2D eigenvalue weighted by atomic mass is 9.47. The highest BCUT2D eigenvalue weighted by Crippen LogP contribution is 2.61. The van der Waals surface area contributed by atoms with Crippen LogP contribution in [0.5, 0.6) is 0 Å². The van der Waals surface area contributed by atoms with Crippen LogP contribution < -0.4 is 5.32 Å². The molecule has 4 fully saturated rings. The van der Waals surface area contributed by atoms with Gasteiger partial charge in [-0.3, -0.25) is 4.79 Å². The van der Waals surface area contributed by atoms with Crippen molar-refractivity contribution in [1.82, 2.24) is 5.32 Å². The third kappa shape index (κ3) is 2.96. The molecule has 0 aromatic heterocycles. The molecule has 4 aliphatic rings. The first-order chi connectivity index (χ1) is 12.0. The molecule has 0 aliphatic heterocycles. The Bertz CT molecular complexity index is 661. The normalized spacial score (nSPS) is 33.8. The Morgan fingerprint density at radius 3 is 2.24 bits per heavy atom. The zero-order valence-electron chi connectivity index (χ0n) is 15.1. The van der Waals surface area contributed by atoms with E-state index in [0.29, 0.717) is 23.3 Å². The standard InChI is InChI=1S/C21H27NO3/c1-13-4-3-5-17(6-13)19(23)22-18(20(24)25-2)21-10-14-7-15(11-21)9-16(8-14)12-21/h3-6,14-16,18H,7-12H2,1-2H3,(H,22,23)/t14?,15?,16?,18-,21?/m1/s1. The molecule has 25 heavy (non-hydrogen) atoms. The molecule has 134 valence electrons. The number of hydrogen-bond donors (Lipinski definition) is 1. The molecule has 0 radical (unpaired) electrons. The van der Waals surface area contributed by atoms with Crippen LogP contribution in [-0.4, -0.2) is 25.0 Å². The van der Waals surface area contributed by atoms with E-state index in [4.69, 9.17) is 4.74 Å². The number of carbonyl (C=O) groups is 2. The molecule has 5 rings (SSSR count). The van der Waals surface area contributed by atoms with E-state index in [2.05, 4.69) is 5.32 Å². The van der Waals surface area contributed by atoms with Gasteiger partial charge in [0.15, 0.2) is 0 Å². The van der Waals surface area contributed by atoms with Crippen LogP contribution in [0.1, 0.15) is 54.4 Å². The fourth-order valence-electron chi connectivity index (χ4n) is 6.11. The minimum absolute atomic E-state index is 0.110. The predicted octanol–water partition coefficient (Wildman–Crippen LogP) is 3.48. The van der Waals surface area contributed by atoms with E-state index in [0.717, 1.165) is 24.8 Å². The van der Waals surface area contributed by atoms with Gasteiger partial charge in [-0.2, -0.15) is 0 Å². The third-order valence-electron chi connectivity index (χ3n) is 6.69. The van der Waals surface area contributed by atoms with Gasteiger partial charge < -0.3 is 10.1 Å². The molecule has 4 bridgehead atoms. The van der Waals surface area contributed by atoms with E-state index in [1.807, 2.05) is 25.1 Å². The maximum absolute atomic E-state index is 12.8. The maximum atomic E-state index is 12.8. The summed E-state index contributed by atoms with van der Waals surface area (Å²) in [5.41, 5.74) is 1.54. The molecular weight excluding hydrogens is 314 g/mol. The summed E-state index contributed by atoms with van der Waals surface area (Å²) in [6.07, 6.45) is 7.06.